The Hall–Kier alpha value is -2.58. The number of hydrogen-bond donors (Lipinski definition) is 0. The van der Waals surface area contributed by atoms with E-state index in [0.717, 1.165) is 73.6 Å². The molecule has 6 rings (SSSR count). The molecule has 2 aromatic rings. The number of piperidine rings is 1. The third-order valence-corrected chi connectivity index (χ3v) is 10.1. The summed E-state index contributed by atoms with van der Waals surface area (Å²) in [6.07, 6.45) is 5.05. The summed E-state index contributed by atoms with van der Waals surface area (Å²) in [7, 11) is -3.40. The summed E-state index contributed by atoms with van der Waals surface area (Å²) in [5.74, 6) is 1.91. The molecule has 1 amide bonds. The number of likely N-dealkylation sites (tertiary alicyclic amines) is 1. The molecule has 0 spiro atoms. The van der Waals surface area contributed by atoms with Crippen molar-refractivity contribution in [1.82, 2.24) is 4.90 Å². The topological polar surface area (TPSA) is 76.2 Å². The summed E-state index contributed by atoms with van der Waals surface area (Å²) >= 11 is 0. The first kappa shape index (κ1) is 21.9. The molecule has 3 aliphatic heterocycles. The Balaban J connectivity index is 1.10. The third kappa shape index (κ3) is 3.86. The molecule has 4 aliphatic rings. The molecule has 7 nitrogen and oxygen atoms in total. The van der Waals surface area contributed by atoms with Crippen molar-refractivity contribution in [3.63, 3.8) is 0 Å². The van der Waals surface area contributed by atoms with Crippen molar-refractivity contribution in [2.75, 3.05) is 31.3 Å². The molecule has 34 heavy (non-hydrogen) atoms. The SMILES string of the molecule is O=C(C1CCC1)N1CCc2cc(S(=O)(=O)C3CCN(Cc4ccc5c(c4)OCO5)CC3)ccc21. The molecule has 1 saturated heterocycles. The van der Waals surface area contributed by atoms with Gasteiger partial charge in [-0.1, -0.05) is 12.5 Å². The van der Waals surface area contributed by atoms with E-state index in [-0.39, 0.29) is 23.9 Å². The monoisotopic (exact) mass is 482 g/mol. The predicted octanol–water partition coefficient (Wildman–Crippen LogP) is 3.54. The molecule has 0 N–H and O–H groups in total. The minimum atomic E-state index is -3.40. The molecule has 2 fully saturated rings. The van der Waals surface area contributed by atoms with Gasteiger partial charge in [-0.2, -0.15) is 0 Å². The fourth-order valence-electron chi connectivity index (χ4n) is 5.53. The summed E-state index contributed by atoms with van der Waals surface area (Å²) < 4.78 is 37.7. The first-order valence-electron chi connectivity index (χ1n) is 12.3. The van der Waals surface area contributed by atoms with E-state index in [1.54, 1.807) is 6.07 Å². The van der Waals surface area contributed by atoms with Gasteiger partial charge in [0.25, 0.3) is 0 Å². The molecule has 0 radical (unpaired) electrons. The van der Waals surface area contributed by atoms with Crippen LogP contribution in [-0.4, -0.2) is 50.9 Å². The molecule has 1 saturated carbocycles. The second-order valence-electron chi connectivity index (χ2n) is 9.87. The van der Waals surface area contributed by atoms with Crippen LogP contribution < -0.4 is 14.4 Å². The predicted molar refractivity (Wildman–Crippen MR) is 128 cm³/mol. The molecule has 0 bridgehead atoms. The van der Waals surface area contributed by atoms with Crippen LogP contribution in [0.25, 0.3) is 0 Å². The van der Waals surface area contributed by atoms with Gasteiger partial charge in [0, 0.05) is 24.7 Å². The molecule has 2 aromatic carbocycles. The summed E-state index contributed by atoms with van der Waals surface area (Å²) in [6.45, 7) is 3.18. The lowest BCUT2D eigenvalue weighted by Crippen LogP contribution is -2.39. The van der Waals surface area contributed by atoms with Crippen LogP contribution in [0, 0.1) is 5.92 Å². The van der Waals surface area contributed by atoms with E-state index in [9.17, 15) is 13.2 Å². The number of hydrogen-bond acceptors (Lipinski definition) is 6. The van der Waals surface area contributed by atoms with E-state index in [0.29, 0.717) is 24.3 Å². The minimum Gasteiger partial charge on any atom is -0.454 e. The molecule has 0 atom stereocenters. The van der Waals surface area contributed by atoms with E-state index in [4.69, 9.17) is 9.47 Å². The Kier molecular flexibility index (Phi) is 5.53. The molecule has 1 aliphatic carbocycles. The summed E-state index contributed by atoms with van der Waals surface area (Å²) in [5, 5.41) is -0.368. The summed E-state index contributed by atoms with van der Waals surface area (Å²) in [5.41, 5.74) is 3.02. The van der Waals surface area contributed by atoms with Crippen molar-refractivity contribution in [3.05, 3.63) is 47.5 Å². The Morgan fingerprint density at radius 3 is 2.50 bits per heavy atom. The zero-order chi connectivity index (χ0) is 23.3. The highest BCUT2D eigenvalue weighted by atomic mass is 32.2. The lowest BCUT2D eigenvalue weighted by molar-refractivity contribution is -0.124. The van der Waals surface area contributed by atoms with Gasteiger partial charge < -0.3 is 14.4 Å². The Labute approximate surface area is 200 Å². The maximum atomic E-state index is 13.4. The van der Waals surface area contributed by atoms with Gasteiger partial charge >= 0.3 is 0 Å². The highest BCUT2D eigenvalue weighted by Gasteiger charge is 2.36. The smallest absolute Gasteiger partial charge is 0.231 e. The molecule has 3 heterocycles. The molecular formula is C26H30N2O5S. The zero-order valence-corrected chi connectivity index (χ0v) is 20.1. The quantitative estimate of drug-likeness (QED) is 0.649. The molecule has 8 heteroatoms. The standard InChI is InChI=1S/C26H30N2O5S/c29-26(19-2-1-3-19)28-13-8-20-15-22(5-6-23(20)28)34(30,31)21-9-11-27(12-10-21)16-18-4-7-24-25(14-18)33-17-32-24/h4-7,14-15,19,21H,1-3,8-13,16-17H2. The van der Waals surface area contributed by atoms with Gasteiger partial charge in [0.15, 0.2) is 21.3 Å². The fraction of sp³-hybridized carbons (Fsp3) is 0.500. The molecular weight excluding hydrogens is 452 g/mol. The van der Waals surface area contributed by atoms with Crippen molar-refractivity contribution in [2.24, 2.45) is 5.92 Å². The van der Waals surface area contributed by atoms with E-state index in [1.165, 1.54) is 0 Å². The molecule has 0 unspecified atom stereocenters. The van der Waals surface area contributed by atoms with Crippen molar-refractivity contribution in [3.8, 4) is 11.5 Å². The highest BCUT2D eigenvalue weighted by molar-refractivity contribution is 7.92. The summed E-state index contributed by atoms with van der Waals surface area (Å²) in [4.78, 5) is 17.3. The number of carbonyl (C=O) groups is 1. The fourth-order valence-corrected chi connectivity index (χ4v) is 7.31. The van der Waals surface area contributed by atoms with Crippen LogP contribution in [0.3, 0.4) is 0 Å². The minimum absolute atomic E-state index is 0.150. The number of anilines is 1. The van der Waals surface area contributed by atoms with E-state index in [2.05, 4.69) is 4.90 Å². The molecule has 0 aromatic heterocycles. The molecule has 180 valence electrons. The van der Waals surface area contributed by atoms with Gasteiger partial charge in [0.1, 0.15) is 0 Å². The van der Waals surface area contributed by atoms with Crippen LogP contribution >= 0.6 is 0 Å². The van der Waals surface area contributed by atoms with Crippen LogP contribution in [0.2, 0.25) is 0 Å². The van der Waals surface area contributed by atoms with Crippen LogP contribution in [-0.2, 0) is 27.6 Å². The number of sulfone groups is 1. The number of fused-ring (bicyclic) bond motifs is 2. The zero-order valence-electron chi connectivity index (χ0n) is 19.2. The average molecular weight is 483 g/mol. The van der Waals surface area contributed by atoms with Crippen molar-refractivity contribution in [2.45, 2.75) is 55.2 Å². The van der Waals surface area contributed by atoms with Gasteiger partial charge in [-0.25, -0.2) is 8.42 Å². The normalized spacial score (nSPS) is 20.9. The Morgan fingerprint density at radius 2 is 1.74 bits per heavy atom. The average Bonchev–Trinajstić information content (AvgIpc) is 3.44. The number of ether oxygens (including phenoxy) is 2. The lowest BCUT2D eigenvalue weighted by Gasteiger charge is -2.32. The van der Waals surface area contributed by atoms with Gasteiger partial charge in [-0.15, -0.1) is 0 Å². The maximum absolute atomic E-state index is 13.4. The van der Waals surface area contributed by atoms with E-state index < -0.39 is 9.84 Å². The van der Waals surface area contributed by atoms with Gasteiger partial charge in [0.05, 0.1) is 10.1 Å². The van der Waals surface area contributed by atoms with Gasteiger partial charge in [-0.05, 0) is 86.7 Å². The van der Waals surface area contributed by atoms with E-state index >= 15 is 0 Å². The second-order valence-corrected chi connectivity index (χ2v) is 12.1. The largest absolute Gasteiger partial charge is 0.454 e. The number of amides is 1. The van der Waals surface area contributed by atoms with Crippen LogP contribution in [0.5, 0.6) is 11.5 Å². The van der Waals surface area contributed by atoms with Crippen LogP contribution in [0.1, 0.15) is 43.2 Å². The van der Waals surface area contributed by atoms with Crippen LogP contribution in [0.4, 0.5) is 5.69 Å². The maximum Gasteiger partial charge on any atom is 0.231 e. The number of carbonyl (C=O) groups excluding carboxylic acids is 1. The number of rotatable bonds is 5. The first-order valence-corrected chi connectivity index (χ1v) is 13.8. The summed E-state index contributed by atoms with van der Waals surface area (Å²) in [6, 6.07) is 11.4. The van der Waals surface area contributed by atoms with Gasteiger partial charge in [0.2, 0.25) is 12.7 Å². The third-order valence-electron chi connectivity index (χ3n) is 7.81. The Morgan fingerprint density at radius 1 is 0.941 bits per heavy atom. The van der Waals surface area contributed by atoms with Crippen molar-refractivity contribution < 1.29 is 22.7 Å². The van der Waals surface area contributed by atoms with Crippen LogP contribution in [0.15, 0.2) is 41.3 Å². The van der Waals surface area contributed by atoms with E-state index in [1.807, 2.05) is 35.2 Å². The highest BCUT2D eigenvalue weighted by Crippen LogP contribution is 2.37. The van der Waals surface area contributed by atoms with Gasteiger partial charge in [-0.3, -0.25) is 9.69 Å². The number of benzene rings is 2. The van der Waals surface area contributed by atoms with Crippen molar-refractivity contribution in [1.29, 1.82) is 0 Å². The first-order chi connectivity index (χ1) is 16.5. The lowest BCUT2D eigenvalue weighted by atomic mass is 9.84. The second kappa shape index (κ2) is 8.57. The number of nitrogens with zero attached hydrogens (tertiary/aromatic N) is 2. The van der Waals surface area contributed by atoms with Crippen molar-refractivity contribution >= 4 is 21.4 Å². The Bertz CT molecular complexity index is 1220.